The van der Waals surface area contributed by atoms with Crippen molar-refractivity contribution in [3.05, 3.63) is 139 Å². The van der Waals surface area contributed by atoms with E-state index in [0.717, 1.165) is 39.1 Å². The smallest absolute Gasteiger partial charge is 0.257 e. The summed E-state index contributed by atoms with van der Waals surface area (Å²) < 4.78 is 0. The van der Waals surface area contributed by atoms with Gasteiger partial charge in [-0.15, -0.1) is 0 Å². The van der Waals surface area contributed by atoms with Gasteiger partial charge in [0, 0.05) is 16.7 Å². The van der Waals surface area contributed by atoms with E-state index < -0.39 is 0 Å². The van der Waals surface area contributed by atoms with Crippen LogP contribution in [0.1, 0.15) is 10.4 Å². The molecule has 0 radical (unpaired) electrons. The highest BCUT2D eigenvalue weighted by Crippen LogP contribution is 2.41. The summed E-state index contributed by atoms with van der Waals surface area (Å²) in [6, 6.07) is 44.1. The molecule has 4 heteroatoms. The first-order valence-electron chi connectivity index (χ1n) is 11.7. The lowest BCUT2D eigenvalue weighted by Gasteiger charge is -2.20. The van der Waals surface area contributed by atoms with Gasteiger partial charge in [-0.25, -0.2) is 0 Å². The summed E-state index contributed by atoms with van der Waals surface area (Å²) in [7, 11) is 0. The molecule has 0 unspecified atom stereocenters. The Morgan fingerprint density at radius 1 is 0.528 bits per heavy atom. The molecule has 0 aliphatic rings. The number of benzene rings is 5. The Kier molecular flexibility index (Phi) is 6.97. The van der Waals surface area contributed by atoms with Gasteiger partial charge in [-0.05, 0) is 58.7 Å². The van der Waals surface area contributed by atoms with Crippen molar-refractivity contribution >= 4 is 28.9 Å². The topological polar surface area (TPSA) is 41.1 Å². The second kappa shape index (κ2) is 10.8. The van der Waals surface area contributed by atoms with Crippen molar-refractivity contribution in [2.45, 2.75) is 0 Å². The molecule has 0 atom stereocenters. The van der Waals surface area contributed by atoms with Gasteiger partial charge in [0.1, 0.15) is 0 Å². The molecule has 5 rings (SSSR count). The minimum atomic E-state index is -0.253. The minimum Gasteiger partial charge on any atom is -0.331 e. The molecular weight excluding hydrogens is 460 g/mol. The number of nitrogens with one attached hydrogen (secondary N) is 2. The Hall–Kier alpha value is -4.54. The number of amides is 1. The molecule has 0 bridgehead atoms. The van der Waals surface area contributed by atoms with Crippen molar-refractivity contribution in [3.8, 4) is 33.4 Å². The Labute approximate surface area is 216 Å². The van der Waals surface area contributed by atoms with E-state index >= 15 is 0 Å². The number of hydrogen-bond acceptors (Lipinski definition) is 2. The lowest BCUT2D eigenvalue weighted by atomic mass is 9.91. The van der Waals surface area contributed by atoms with Crippen LogP contribution in [0.4, 0.5) is 5.69 Å². The monoisotopic (exact) mass is 484 g/mol. The fourth-order valence-corrected chi connectivity index (χ4v) is 4.37. The minimum absolute atomic E-state index is 0.241. The maximum atomic E-state index is 12.8. The zero-order valence-electron chi connectivity index (χ0n) is 19.5. The second-order valence-electron chi connectivity index (χ2n) is 8.32. The second-order valence-corrected chi connectivity index (χ2v) is 8.73. The highest BCUT2D eigenvalue weighted by atomic mass is 32.1. The first-order valence-corrected chi connectivity index (χ1v) is 12.1. The fourth-order valence-electron chi connectivity index (χ4n) is 4.17. The Balaban J connectivity index is 1.63. The predicted octanol–water partition coefficient (Wildman–Crippen LogP) is 7.81. The Bertz CT molecular complexity index is 1420. The molecule has 0 aliphatic heterocycles. The molecule has 36 heavy (non-hydrogen) atoms. The maximum Gasteiger partial charge on any atom is 0.257 e. The normalized spacial score (nSPS) is 10.4. The van der Waals surface area contributed by atoms with E-state index in [9.17, 15) is 4.79 Å². The zero-order chi connectivity index (χ0) is 24.7. The van der Waals surface area contributed by atoms with Crippen LogP contribution < -0.4 is 10.6 Å². The van der Waals surface area contributed by atoms with Gasteiger partial charge < -0.3 is 5.32 Å². The van der Waals surface area contributed by atoms with E-state index in [0.29, 0.717) is 5.56 Å². The summed E-state index contributed by atoms with van der Waals surface area (Å²) in [4.78, 5) is 12.8. The molecule has 5 aromatic rings. The van der Waals surface area contributed by atoms with E-state index in [1.165, 1.54) is 0 Å². The van der Waals surface area contributed by atoms with Gasteiger partial charge in [-0.3, -0.25) is 10.1 Å². The zero-order valence-corrected chi connectivity index (χ0v) is 20.3. The molecule has 0 saturated carbocycles. The predicted molar refractivity (Wildman–Crippen MR) is 153 cm³/mol. The average molecular weight is 485 g/mol. The van der Waals surface area contributed by atoms with Gasteiger partial charge in [0.15, 0.2) is 5.11 Å². The lowest BCUT2D eigenvalue weighted by molar-refractivity contribution is 0.0977. The maximum absolute atomic E-state index is 12.8. The summed E-state index contributed by atoms with van der Waals surface area (Å²) in [6.45, 7) is 0. The summed E-state index contributed by atoms with van der Waals surface area (Å²) in [5, 5.41) is 6.43. The fraction of sp³-hybridized carbons (Fsp3) is 0. The van der Waals surface area contributed by atoms with Crippen molar-refractivity contribution in [2.75, 3.05) is 5.32 Å². The van der Waals surface area contributed by atoms with E-state index in [4.69, 9.17) is 12.2 Å². The molecule has 0 aliphatic carbocycles. The van der Waals surface area contributed by atoms with Crippen LogP contribution in [0.2, 0.25) is 0 Å². The van der Waals surface area contributed by atoms with Crippen molar-refractivity contribution < 1.29 is 4.79 Å². The number of thiocarbonyl (C=S) groups is 1. The molecule has 0 spiro atoms. The molecule has 174 valence electrons. The van der Waals surface area contributed by atoms with E-state index in [-0.39, 0.29) is 11.0 Å². The molecular formula is C32H24N2OS. The number of hydrogen-bond donors (Lipinski definition) is 2. The van der Waals surface area contributed by atoms with Crippen LogP contribution in [0.3, 0.4) is 0 Å². The van der Waals surface area contributed by atoms with E-state index in [1.807, 2.05) is 72.8 Å². The highest BCUT2D eigenvalue weighted by Gasteiger charge is 2.17. The lowest BCUT2D eigenvalue weighted by Crippen LogP contribution is -2.34. The summed E-state index contributed by atoms with van der Waals surface area (Å²) in [6.07, 6.45) is 0. The van der Waals surface area contributed by atoms with Crippen LogP contribution in [-0.4, -0.2) is 11.0 Å². The van der Waals surface area contributed by atoms with E-state index in [1.54, 1.807) is 12.1 Å². The van der Waals surface area contributed by atoms with Crippen molar-refractivity contribution in [1.29, 1.82) is 0 Å². The Morgan fingerprint density at radius 2 is 0.944 bits per heavy atom. The van der Waals surface area contributed by atoms with Crippen LogP contribution in [-0.2, 0) is 0 Å². The average Bonchev–Trinajstić information content (AvgIpc) is 2.95. The first-order chi connectivity index (χ1) is 17.7. The molecule has 0 saturated heterocycles. The highest BCUT2D eigenvalue weighted by molar-refractivity contribution is 7.80. The van der Waals surface area contributed by atoms with Gasteiger partial charge >= 0.3 is 0 Å². The molecule has 0 heterocycles. The summed E-state index contributed by atoms with van der Waals surface area (Å²) in [5.41, 5.74) is 7.69. The van der Waals surface area contributed by atoms with E-state index in [2.05, 4.69) is 59.2 Å². The van der Waals surface area contributed by atoms with Crippen molar-refractivity contribution in [3.63, 3.8) is 0 Å². The van der Waals surface area contributed by atoms with Gasteiger partial charge in [-0.2, -0.15) is 0 Å². The number of carbonyl (C=O) groups is 1. The molecule has 5 aromatic carbocycles. The van der Waals surface area contributed by atoms with Crippen LogP contribution >= 0.6 is 12.2 Å². The SMILES string of the molecule is O=C(NC(=S)Nc1c(-c2ccccc2)cc(-c2ccccc2)cc1-c1ccccc1)c1ccccc1. The summed E-state index contributed by atoms with van der Waals surface area (Å²) >= 11 is 5.61. The molecule has 2 N–H and O–H groups in total. The molecule has 3 nitrogen and oxygen atoms in total. The third-order valence-electron chi connectivity index (χ3n) is 5.92. The quantitative estimate of drug-likeness (QED) is 0.250. The van der Waals surface area contributed by atoms with Gasteiger partial charge in [0.2, 0.25) is 0 Å². The number of carbonyl (C=O) groups excluding carboxylic acids is 1. The number of anilines is 1. The first kappa shape index (κ1) is 23.2. The van der Waals surface area contributed by atoms with Crippen molar-refractivity contribution in [1.82, 2.24) is 5.32 Å². The van der Waals surface area contributed by atoms with Crippen LogP contribution in [0.25, 0.3) is 33.4 Å². The van der Waals surface area contributed by atoms with Crippen molar-refractivity contribution in [2.24, 2.45) is 0 Å². The van der Waals surface area contributed by atoms with Gasteiger partial charge in [0.05, 0.1) is 5.69 Å². The molecule has 0 fully saturated rings. The van der Waals surface area contributed by atoms with Crippen LogP contribution in [0.15, 0.2) is 133 Å². The largest absolute Gasteiger partial charge is 0.331 e. The molecule has 1 amide bonds. The standard InChI is InChI=1S/C32H24N2OS/c35-31(26-19-11-4-12-20-26)34-32(36)33-30-28(24-15-7-2-8-16-24)21-27(23-13-5-1-6-14-23)22-29(30)25-17-9-3-10-18-25/h1-22H,(H2,33,34,35,36). The van der Waals surface area contributed by atoms with Crippen LogP contribution in [0, 0.1) is 0 Å². The Morgan fingerprint density at radius 3 is 1.42 bits per heavy atom. The van der Waals surface area contributed by atoms with Crippen LogP contribution in [0.5, 0.6) is 0 Å². The van der Waals surface area contributed by atoms with Gasteiger partial charge in [0.25, 0.3) is 5.91 Å². The third kappa shape index (κ3) is 5.24. The van der Waals surface area contributed by atoms with Gasteiger partial charge in [-0.1, -0.05) is 109 Å². The molecule has 0 aromatic heterocycles. The third-order valence-corrected chi connectivity index (χ3v) is 6.12. The summed E-state index contributed by atoms with van der Waals surface area (Å²) in [5.74, 6) is -0.253. The number of rotatable bonds is 5.